The summed E-state index contributed by atoms with van der Waals surface area (Å²) in [5, 5.41) is 12.5. The first kappa shape index (κ1) is 17.0. The first-order chi connectivity index (χ1) is 11.6. The Balaban J connectivity index is 1.57. The van der Waals surface area contributed by atoms with E-state index in [2.05, 4.69) is 46.1 Å². The van der Waals surface area contributed by atoms with E-state index in [4.69, 9.17) is 0 Å². The summed E-state index contributed by atoms with van der Waals surface area (Å²) >= 11 is 1.46. The smallest absolute Gasteiger partial charge is 0.230 e. The van der Waals surface area contributed by atoms with Crippen molar-refractivity contribution in [3.05, 3.63) is 41.2 Å². The first-order valence-corrected chi connectivity index (χ1v) is 9.49. The van der Waals surface area contributed by atoms with Crippen molar-refractivity contribution in [1.82, 2.24) is 20.1 Å². The van der Waals surface area contributed by atoms with E-state index >= 15 is 0 Å². The molecule has 1 aromatic carbocycles. The Morgan fingerprint density at radius 3 is 2.79 bits per heavy atom. The Hall–Kier alpha value is -1.82. The standard InChI is InChI=1S/C18H24N4OS/c1-4-22-17(14-9-10-14)20-21-18(22)24-11-16(23)19-13(3)15-8-6-5-7-12(15)2/h5-8,13-14H,4,9-11H2,1-3H3,(H,19,23). The lowest BCUT2D eigenvalue weighted by atomic mass is 10.0. The monoisotopic (exact) mass is 344 g/mol. The van der Waals surface area contributed by atoms with Crippen LogP contribution in [0.2, 0.25) is 0 Å². The van der Waals surface area contributed by atoms with Gasteiger partial charge in [-0.3, -0.25) is 4.79 Å². The minimum atomic E-state index is 0.00497. The summed E-state index contributed by atoms with van der Waals surface area (Å²) in [6.45, 7) is 7.03. The Morgan fingerprint density at radius 2 is 2.12 bits per heavy atom. The molecule has 1 N–H and O–H groups in total. The van der Waals surface area contributed by atoms with E-state index in [-0.39, 0.29) is 11.9 Å². The second kappa shape index (κ2) is 7.38. The van der Waals surface area contributed by atoms with E-state index in [1.807, 2.05) is 19.1 Å². The van der Waals surface area contributed by atoms with Crippen LogP contribution in [0.5, 0.6) is 0 Å². The van der Waals surface area contributed by atoms with Crippen molar-refractivity contribution in [2.45, 2.75) is 57.3 Å². The minimum absolute atomic E-state index is 0.00497. The van der Waals surface area contributed by atoms with Gasteiger partial charge in [-0.2, -0.15) is 0 Å². The van der Waals surface area contributed by atoms with Crippen molar-refractivity contribution in [2.75, 3.05) is 5.75 Å². The van der Waals surface area contributed by atoms with Crippen LogP contribution in [0.4, 0.5) is 0 Å². The van der Waals surface area contributed by atoms with Crippen molar-refractivity contribution < 1.29 is 4.79 Å². The fourth-order valence-corrected chi connectivity index (χ4v) is 3.73. The van der Waals surface area contributed by atoms with Crippen LogP contribution in [-0.4, -0.2) is 26.4 Å². The van der Waals surface area contributed by atoms with Crippen LogP contribution in [-0.2, 0) is 11.3 Å². The summed E-state index contributed by atoms with van der Waals surface area (Å²) in [5.74, 6) is 2.03. The van der Waals surface area contributed by atoms with E-state index < -0.39 is 0 Å². The third-order valence-corrected chi connectivity index (χ3v) is 5.34. The van der Waals surface area contributed by atoms with Crippen LogP contribution >= 0.6 is 11.8 Å². The zero-order chi connectivity index (χ0) is 17.1. The summed E-state index contributed by atoms with van der Waals surface area (Å²) in [4.78, 5) is 12.3. The molecule has 1 fully saturated rings. The highest BCUT2D eigenvalue weighted by Gasteiger charge is 2.30. The number of hydrogen-bond donors (Lipinski definition) is 1. The van der Waals surface area contributed by atoms with Gasteiger partial charge in [0, 0.05) is 12.5 Å². The Bertz CT molecular complexity index is 724. The predicted molar refractivity (Wildman–Crippen MR) is 96.1 cm³/mol. The van der Waals surface area contributed by atoms with Crippen molar-refractivity contribution >= 4 is 17.7 Å². The molecule has 2 aromatic rings. The van der Waals surface area contributed by atoms with Crippen molar-refractivity contribution in [1.29, 1.82) is 0 Å². The summed E-state index contributed by atoms with van der Waals surface area (Å²) < 4.78 is 2.14. The molecule has 1 aliphatic rings. The number of thioether (sulfide) groups is 1. The average molecular weight is 344 g/mol. The second-order valence-electron chi connectivity index (χ2n) is 6.29. The minimum Gasteiger partial charge on any atom is -0.349 e. The van der Waals surface area contributed by atoms with Crippen LogP contribution < -0.4 is 5.32 Å². The molecular weight excluding hydrogens is 320 g/mol. The first-order valence-electron chi connectivity index (χ1n) is 8.51. The van der Waals surface area contributed by atoms with Crippen LogP contribution in [0.3, 0.4) is 0 Å². The molecule has 6 heteroatoms. The fourth-order valence-electron chi connectivity index (χ4n) is 2.91. The van der Waals surface area contributed by atoms with Crippen molar-refractivity contribution in [3.8, 4) is 0 Å². The number of amides is 1. The number of nitrogens with one attached hydrogen (secondary N) is 1. The average Bonchev–Trinajstić information content (AvgIpc) is 3.33. The number of carbonyl (C=O) groups excluding carboxylic acids is 1. The molecule has 1 unspecified atom stereocenters. The zero-order valence-corrected chi connectivity index (χ0v) is 15.3. The van der Waals surface area contributed by atoms with Gasteiger partial charge in [-0.05, 0) is 44.7 Å². The third kappa shape index (κ3) is 3.80. The molecular formula is C18H24N4OS. The normalized spacial score (nSPS) is 15.3. The number of hydrogen-bond acceptors (Lipinski definition) is 4. The summed E-state index contributed by atoms with van der Waals surface area (Å²) in [7, 11) is 0. The quantitative estimate of drug-likeness (QED) is 0.782. The highest BCUT2D eigenvalue weighted by Crippen LogP contribution is 2.39. The maximum absolute atomic E-state index is 12.3. The molecule has 3 rings (SSSR count). The van der Waals surface area contributed by atoms with Crippen molar-refractivity contribution in [2.24, 2.45) is 0 Å². The van der Waals surface area contributed by atoms with E-state index in [1.54, 1.807) is 0 Å². The van der Waals surface area contributed by atoms with Crippen molar-refractivity contribution in [3.63, 3.8) is 0 Å². The van der Waals surface area contributed by atoms with Gasteiger partial charge in [0.2, 0.25) is 5.91 Å². The number of aromatic nitrogens is 3. The van der Waals surface area contributed by atoms with Crippen LogP contribution in [0.1, 0.15) is 55.6 Å². The molecule has 1 atom stereocenters. The van der Waals surface area contributed by atoms with Gasteiger partial charge >= 0.3 is 0 Å². The lowest BCUT2D eigenvalue weighted by Crippen LogP contribution is -2.28. The third-order valence-electron chi connectivity index (χ3n) is 4.37. The topological polar surface area (TPSA) is 59.8 Å². The lowest BCUT2D eigenvalue weighted by molar-refractivity contribution is -0.119. The molecule has 5 nitrogen and oxygen atoms in total. The number of nitrogens with zero attached hydrogens (tertiary/aromatic N) is 3. The maximum Gasteiger partial charge on any atom is 0.230 e. The molecule has 1 amide bonds. The molecule has 1 heterocycles. The lowest BCUT2D eigenvalue weighted by Gasteiger charge is -2.16. The van der Waals surface area contributed by atoms with E-state index in [9.17, 15) is 4.79 Å². The molecule has 0 bridgehead atoms. The Labute approximate surface area is 147 Å². The summed E-state index contributed by atoms with van der Waals surface area (Å²) in [5.41, 5.74) is 2.35. The molecule has 0 saturated heterocycles. The maximum atomic E-state index is 12.3. The van der Waals surface area contributed by atoms with Crippen LogP contribution in [0.15, 0.2) is 29.4 Å². The van der Waals surface area contributed by atoms with Gasteiger partial charge in [0.25, 0.3) is 0 Å². The van der Waals surface area contributed by atoms with Gasteiger partial charge in [-0.25, -0.2) is 0 Å². The molecule has 0 spiro atoms. The SMILES string of the molecule is CCn1c(SCC(=O)NC(C)c2ccccc2C)nnc1C1CC1. The van der Waals surface area contributed by atoms with Gasteiger partial charge in [0.15, 0.2) is 5.16 Å². The van der Waals surface area contributed by atoms with E-state index in [0.717, 1.165) is 23.1 Å². The molecule has 1 aromatic heterocycles. The van der Waals surface area contributed by atoms with E-state index in [1.165, 1.54) is 30.2 Å². The largest absolute Gasteiger partial charge is 0.349 e. The molecule has 1 saturated carbocycles. The van der Waals surface area contributed by atoms with Gasteiger partial charge in [0.05, 0.1) is 11.8 Å². The molecule has 1 aliphatic carbocycles. The predicted octanol–water partition coefficient (Wildman–Crippen LogP) is 3.45. The molecule has 128 valence electrons. The summed E-state index contributed by atoms with van der Waals surface area (Å²) in [6.07, 6.45) is 2.41. The highest BCUT2D eigenvalue weighted by atomic mass is 32.2. The highest BCUT2D eigenvalue weighted by molar-refractivity contribution is 7.99. The number of benzene rings is 1. The fraction of sp³-hybridized carbons (Fsp3) is 0.500. The van der Waals surface area contributed by atoms with Gasteiger partial charge in [0.1, 0.15) is 5.82 Å². The van der Waals surface area contributed by atoms with Gasteiger partial charge in [-0.1, -0.05) is 36.0 Å². The number of rotatable bonds is 7. The van der Waals surface area contributed by atoms with E-state index in [0.29, 0.717) is 11.7 Å². The molecule has 0 aliphatic heterocycles. The zero-order valence-electron chi connectivity index (χ0n) is 14.5. The van der Waals surface area contributed by atoms with Crippen LogP contribution in [0, 0.1) is 6.92 Å². The van der Waals surface area contributed by atoms with Crippen LogP contribution in [0.25, 0.3) is 0 Å². The second-order valence-corrected chi connectivity index (χ2v) is 7.24. The van der Waals surface area contributed by atoms with Gasteiger partial charge in [-0.15, -0.1) is 10.2 Å². The Kier molecular flexibility index (Phi) is 5.23. The number of aryl methyl sites for hydroxylation is 1. The van der Waals surface area contributed by atoms with Gasteiger partial charge < -0.3 is 9.88 Å². The molecule has 0 radical (unpaired) electrons. The summed E-state index contributed by atoms with van der Waals surface area (Å²) in [6, 6.07) is 8.14. The Morgan fingerprint density at radius 1 is 1.38 bits per heavy atom. The molecule has 24 heavy (non-hydrogen) atoms. The number of carbonyl (C=O) groups is 1.